The Morgan fingerprint density at radius 2 is 1.47 bits per heavy atom. The SMILES string of the molecule is Cc1onc(-c2ccc(-c3ccc(C4CC4)cc3)cc2)c1NC(=O)OCc1ccccc1.O=C(O)O. The van der Waals surface area contributed by atoms with Gasteiger partial charge in [0.15, 0.2) is 5.76 Å². The number of ether oxygens (including phenoxy) is 1. The summed E-state index contributed by atoms with van der Waals surface area (Å²) in [5.41, 5.74) is 6.62. The average molecular weight is 487 g/mol. The second-order valence-corrected chi connectivity index (χ2v) is 8.41. The third-order valence-corrected chi connectivity index (χ3v) is 5.75. The van der Waals surface area contributed by atoms with Crippen LogP contribution in [0.2, 0.25) is 0 Å². The summed E-state index contributed by atoms with van der Waals surface area (Å²) in [6, 6.07) is 26.5. The molecule has 0 saturated heterocycles. The number of nitrogens with zero attached hydrogens (tertiary/aromatic N) is 1. The first-order valence-corrected chi connectivity index (χ1v) is 11.5. The quantitative estimate of drug-likeness (QED) is 0.264. The first-order chi connectivity index (χ1) is 17.4. The highest BCUT2D eigenvalue weighted by molar-refractivity contribution is 5.91. The highest BCUT2D eigenvalue weighted by Crippen LogP contribution is 2.40. The van der Waals surface area contributed by atoms with Crippen molar-refractivity contribution < 1.29 is 29.1 Å². The lowest BCUT2D eigenvalue weighted by atomic mass is 10.00. The minimum absolute atomic E-state index is 0.195. The van der Waals surface area contributed by atoms with E-state index in [1.807, 2.05) is 42.5 Å². The summed E-state index contributed by atoms with van der Waals surface area (Å²) in [5, 5.41) is 20.9. The van der Waals surface area contributed by atoms with Crippen molar-refractivity contribution in [1.29, 1.82) is 0 Å². The molecule has 0 radical (unpaired) electrons. The molecule has 0 aliphatic heterocycles. The lowest BCUT2D eigenvalue weighted by Crippen LogP contribution is -2.14. The molecule has 1 heterocycles. The van der Waals surface area contributed by atoms with Gasteiger partial charge >= 0.3 is 12.2 Å². The molecule has 184 valence electrons. The average Bonchev–Trinajstić information content (AvgIpc) is 3.67. The fourth-order valence-electron chi connectivity index (χ4n) is 3.76. The Kier molecular flexibility index (Phi) is 7.65. The maximum atomic E-state index is 12.3. The zero-order valence-corrected chi connectivity index (χ0v) is 19.7. The molecule has 8 heteroatoms. The van der Waals surface area contributed by atoms with Crippen LogP contribution in [-0.2, 0) is 11.3 Å². The van der Waals surface area contributed by atoms with Crippen molar-refractivity contribution >= 4 is 17.9 Å². The highest BCUT2D eigenvalue weighted by atomic mass is 16.6. The zero-order chi connectivity index (χ0) is 25.5. The molecule has 1 amide bonds. The molecule has 1 saturated carbocycles. The Hall–Kier alpha value is -4.59. The molecule has 36 heavy (non-hydrogen) atoms. The summed E-state index contributed by atoms with van der Waals surface area (Å²) in [5.74, 6) is 1.28. The summed E-state index contributed by atoms with van der Waals surface area (Å²) < 4.78 is 10.7. The van der Waals surface area contributed by atoms with Gasteiger partial charge in [0, 0.05) is 5.56 Å². The predicted octanol–water partition coefficient (Wildman–Crippen LogP) is 7.17. The van der Waals surface area contributed by atoms with E-state index in [0.29, 0.717) is 17.1 Å². The van der Waals surface area contributed by atoms with E-state index >= 15 is 0 Å². The maximum absolute atomic E-state index is 12.3. The Bertz CT molecular complexity index is 1310. The van der Waals surface area contributed by atoms with Crippen molar-refractivity contribution in [3.63, 3.8) is 0 Å². The van der Waals surface area contributed by atoms with Crippen LogP contribution in [0.25, 0.3) is 22.4 Å². The number of carbonyl (C=O) groups is 2. The normalized spacial score (nSPS) is 12.2. The summed E-state index contributed by atoms with van der Waals surface area (Å²) in [6.45, 7) is 1.96. The van der Waals surface area contributed by atoms with E-state index in [0.717, 1.165) is 22.6 Å². The lowest BCUT2D eigenvalue weighted by Gasteiger charge is -2.08. The first kappa shape index (κ1) is 24.5. The molecule has 5 rings (SSSR count). The topological polar surface area (TPSA) is 122 Å². The van der Waals surface area contributed by atoms with Gasteiger partial charge in [-0.25, -0.2) is 9.59 Å². The predicted molar refractivity (Wildman–Crippen MR) is 135 cm³/mol. The molecule has 4 aromatic rings. The smallest absolute Gasteiger partial charge is 0.450 e. The van der Waals surface area contributed by atoms with Crippen molar-refractivity contribution in [3.8, 4) is 22.4 Å². The first-order valence-electron chi connectivity index (χ1n) is 11.5. The van der Waals surface area contributed by atoms with Gasteiger partial charge in [0.1, 0.15) is 18.0 Å². The van der Waals surface area contributed by atoms with Gasteiger partial charge in [-0.1, -0.05) is 84.0 Å². The van der Waals surface area contributed by atoms with Crippen LogP contribution < -0.4 is 5.32 Å². The third kappa shape index (κ3) is 6.50. The fraction of sp³-hybridized carbons (Fsp3) is 0.179. The van der Waals surface area contributed by atoms with Gasteiger partial charge in [0.2, 0.25) is 0 Å². The van der Waals surface area contributed by atoms with Gasteiger partial charge in [-0.05, 0) is 47.9 Å². The number of aryl methyl sites for hydroxylation is 1. The fourth-order valence-corrected chi connectivity index (χ4v) is 3.76. The molecule has 0 bridgehead atoms. The molecule has 1 fully saturated rings. The number of anilines is 1. The Labute approximate surface area is 208 Å². The maximum Gasteiger partial charge on any atom is 0.503 e. The molecular formula is C28H26N2O6. The van der Waals surface area contributed by atoms with Crippen molar-refractivity contribution in [2.24, 2.45) is 0 Å². The molecule has 1 aliphatic carbocycles. The number of nitrogens with one attached hydrogen (secondary N) is 1. The minimum atomic E-state index is -1.83. The van der Waals surface area contributed by atoms with E-state index in [1.54, 1.807) is 6.92 Å². The van der Waals surface area contributed by atoms with E-state index in [9.17, 15) is 4.79 Å². The molecule has 0 spiro atoms. The number of carbonyl (C=O) groups excluding carboxylic acids is 1. The van der Waals surface area contributed by atoms with Gasteiger partial charge in [0.25, 0.3) is 0 Å². The van der Waals surface area contributed by atoms with Crippen LogP contribution in [0.4, 0.5) is 15.3 Å². The largest absolute Gasteiger partial charge is 0.503 e. The number of benzene rings is 3. The Morgan fingerprint density at radius 3 is 2.06 bits per heavy atom. The van der Waals surface area contributed by atoms with Crippen molar-refractivity contribution in [2.75, 3.05) is 5.32 Å². The number of amides is 1. The second kappa shape index (κ2) is 11.2. The molecular weight excluding hydrogens is 460 g/mol. The molecule has 3 N–H and O–H groups in total. The van der Waals surface area contributed by atoms with Crippen LogP contribution in [0, 0.1) is 6.92 Å². The van der Waals surface area contributed by atoms with E-state index in [1.165, 1.54) is 24.0 Å². The van der Waals surface area contributed by atoms with Crippen LogP contribution in [0.3, 0.4) is 0 Å². The summed E-state index contributed by atoms with van der Waals surface area (Å²) >= 11 is 0. The van der Waals surface area contributed by atoms with E-state index in [4.69, 9.17) is 24.3 Å². The second-order valence-electron chi connectivity index (χ2n) is 8.41. The van der Waals surface area contributed by atoms with E-state index in [2.05, 4.69) is 46.9 Å². The van der Waals surface area contributed by atoms with Crippen LogP contribution in [0.15, 0.2) is 83.4 Å². The Morgan fingerprint density at radius 1 is 0.917 bits per heavy atom. The van der Waals surface area contributed by atoms with Crippen LogP contribution in [0.5, 0.6) is 0 Å². The standard InChI is InChI=1S/C27H24N2O3.CH2O3/c1-18-25(28-27(30)31-17-19-5-3-2-4-6-19)26(29-32-18)24-15-13-23(14-16-24)22-11-9-21(10-12-22)20-7-8-20;2-1(3)4/h2-6,9-16,20H,7-8,17H2,1H3,(H,28,30);(H2,2,3,4). The van der Waals surface area contributed by atoms with Crippen LogP contribution in [-0.4, -0.2) is 27.6 Å². The highest BCUT2D eigenvalue weighted by Gasteiger charge is 2.23. The molecule has 0 atom stereocenters. The summed E-state index contributed by atoms with van der Waals surface area (Å²) in [6.07, 6.45) is 0.233. The van der Waals surface area contributed by atoms with Crippen LogP contribution in [0.1, 0.15) is 35.6 Å². The number of aromatic nitrogens is 1. The monoisotopic (exact) mass is 486 g/mol. The molecule has 1 aromatic heterocycles. The van der Waals surface area contributed by atoms with Crippen molar-refractivity contribution in [3.05, 3.63) is 95.7 Å². The third-order valence-electron chi connectivity index (χ3n) is 5.75. The van der Waals surface area contributed by atoms with Gasteiger partial charge in [0.05, 0.1) is 0 Å². The summed E-state index contributed by atoms with van der Waals surface area (Å²) in [7, 11) is 0. The van der Waals surface area contributed by atoms with Gasteiger partial charge in [-0.3, -0.25) is 5.32 Å². The number of carboxylic acid groups (broad SMARTS) is 2. The van der Waals surface area contributed by atoms with Crippen LogP contribution >= 0.6 is 0 Å². The van der Waals surface area contributed by atoms with Crippen molar-refractivity contribution in [1.82, 2.24) is 5.16 Å². The Balaban J connectivity index is 0.000000709. The number of hydrogen-bond donors (Lipinski definition) is 3. The van der Waals surface area contributed by atoms with Gasteiger partial charge in [-0.2, -0.15) is 0 Å². The van der Waals surface area contributed by atoms with Gasteiger partial charge < -0.3 is 19.5 Å². The van der Waals surface area contributed by atoms with Gasteiger partial charge in [-0.15, -0.1) is 0 Å². The zero-order valence-electron chi connectivity index (χ0n) is 19.7. The lowest BCUT2D eigenvalue weighted by molar-refractivity contribution is 0.136. The minimum Gasteiger partial charge on any atom is -0.450 e. The number of hydrogen-bond acceptors (Lipinski definition) is 5. The number of rotatable bonds is 6. The molecule has 0 unspecified atom stereocenters. The molecule has 8 nitrogen and oxygen atoms in total. The van der Waals surface area contributed by atoms with E-state index in [-0.39, 0.29) is 6.61 Å². The summed E-state index contributed by atoms with van der Waals surface area (Å²) in [4.78, 5) is 20.9. The van der Waals surface area contributed by atoms with Crippen molar-refractivity contribution in [2.45, 2.75) is 32.3 Å². The molecule has 1 aliphatic rings. The van der Waals surface area contributed by atoms with E-state index < -0.39 is 12.2 Å². The molecule has 3 aromatic carbocycles.